The smallest absolute Gasteiger partial charge is 0.215 e. The summed E-state index contributed by atoms with van der Waals surface area (Å²) in [5.74, 6) is 0. The van der Waals surface area contributed by atoms with E-state index in [1.54, 1.807) is 0 Å². The van der Waals surface area contributed by atoms with Gasteiger partial charge in [0.1, 0.15) is 0 Å². The van der Waals surface area contributed by atoms with Crippen LogP contribution in [0.15, 0.2) is 28.9 Å². The van der Waals surface area contributed by atoms with Gasteiger partial charge in [0.25, 0.3) is 6.17 Å². The van der Waals surface area contributed by atoms with Crippen LogP contribution >= 0.6 is 0 Å². The maximum atomic E-state index is 4.34. The van der Waals surface area contributed by atoms with Crippen LogP contribution in [0.5, 0.6) is 0 Å². The van der Waals surface area contributed by atoms with Crippen molar-refractivity contribution in [1.82, 2.24) is 0 Å². The summed E-state index contributed by atoms with van der Waals surface area (Å²) in [6.45, 7) is 6.67. The Labute approximate surface area is 79.0 Å². The summed E-state index contributed by atoms with van der Waals surface area (Å²) < 4.78 is 2.11. The number of nitrogens with zero attached hydrogens (tertiary/aromatic N) is 2. The van der Waals surface area contributed by atoms with Gasteiger partial charge in [0, 0.05) is 12.2 Å². The fraction of sp³-hybridized carbons (Fsp3) is 0.455. The number of hydrogen-bond acceptors (Lipinski definition) is 1. The van der Waals surface area contributed by atoms with Gasteiger partial charge in [0.05, 0.1) is 6.21 Å². The molecule has 2 rings (SSSR count). The van der Waals surface area contributed by atoms with E-state index in [-0.39, 0.29) is 11.6 Å². The molecule has 0 radical (unpaired) electrons. The molecule has 2 aliphatic heterocycles. The minimum Gasteiger partial charge on any atom is -0.215 e. The Morgan fingerprint density at radius 3 is 2.85 bits per heavy atom. The summed E-state index contributed by atoms with van der Waals surface area (Å²) in [4.78, 5) is 4.34. The van der Waals surface area contributed by atoms with Crippen LogP contribution in [0.1, 0.15) is 20.8 Å². The molecule has 68 valence electrons. The third kappa shape index (κ3) is 1.48. The molecule has 1 unspecified atom stereocenters. The minimum atomic E-state index is 0.208. The van der Waals surface area contributed by atoms with Crippen LogP contribution in [-0.4, -0.2) is 23.2 Å². The average Bonchev–Trinajstić information content (AvgIpc) is 2.47. The molecule has 0 bridgehead atoms. The Morgan fingerprint density at radius 1 is 1.38 bits per heavy atom. The molecule has 1 atom stereocenters. The number of fused-ring (bicyclic) bond motifs is 1. The molecular formula is C11H15N2+. The van der Waals surface area contributed by atoms with Gasteiger partial charge in [-0.15, -0.1) is 0 Å². The quantitative estimate of drug-likeness (QED) is 0.500. The largest absolute Gasteiger partial charge is 0.270 e. The molecule has 0 saturated carbocycles. The van der Waals surface area contributed by atoms with E-state index in [9.17, 15) is 0 Å². The molecule has 0 amide bonds. The van der Waals surface area contributed by atoms with Crippen LogP contribution in [0.4, 0.5) is 0 Å². The van der Waals surface area contributed by atoms with Crippen molar-refractivity contribution < 1.29 is 4.58 Å². The molecule has 0 aromatic carbocycles. The topological polar surface area (TPSA) is 15.4 Å². The molecule has 0 aromatic heterocycles. The zero-order chi connectivity index (χ0) is 9.47. The monoisotopic (exact) mass is 175 g/mol. The highest BCUT2D eigenvalue weighted by Gasteiger charge is 2.26. The van der Waals surface area contributed by atoms with E-state index in [1.807, 2.05) is 12.4 Å². The number of rotatable bonds is 0. The normalized spacial score (nSPS) is 25.6. The first-order valence-corrected chi connectivity index (χ1v) is 4.62. The molecule has 0 spiro atoms. The van der Waals surface area contributed by atoms with Crippen molar-refractivity contribution in [1.29, 1.82) is 0 Å². The third-order valence-corrected chi connectivity index (χ3v) is 2.40. The predicted octanol–water partition coefficient (Wildman–Crippen LogP) is 1.98. The molecule has 2 nitrogen and oxygen atoms in total. The van der Waals surface area contributed by atoms with Crippen molar-refractivity contribution in [3.63, 3.8) is 0 Å². The Hall–Kier alpha value is -1.18. The lowest BCUT2D eigenvalue weighted by Gasteiger charge is -2.22. The van der Waals surface area contributed by atoms with Gasteiger partial charge in [-0.1, -0.05) is 20.8 Å². The van der Waals surface area contributed by atoms with Crippen LogP contribution in [0.3, 0.4) is 0 Å². The number of hydrogen-bond donors (Lipinski definition) is 0. The Balaban J connectivity index is 2.32. The first-order chi connectivity index (χ1) is 6.07. The van der Waals surface area contributed by atoms with Gasteiger partial charge in [-0.05, 0) is 11.0 Å². The van der Waals surface area contributed by atoms with Gasteiger partial charge < -0.3 is 0 Å². The second kappa shape index (κ2) is 2.66. The van der Waals surface area contributed by atoms with E-state index >= 15 is 0 Å². The van der Waals surface area contributed by atoms with Crippen LogP contribution in [0, 0.1) is 5.41 Å². The highest BCUT2D eigenvalue weighted by Crippen LogP contribution is 2.29. The van der Waals surface area contributed by atoms with Gasteiger partial charge in [0.2, 0.25) is 0 Å². The predicted molar refractivity (Wildman–Crippen MR) is 55.3 cm³/mol. The fourth-order valence-corrected chi connectivity index (χ4v) is 1.52. The molecular weight excluding hydrogens is 160 g/mol. The van der Waals surface area contributed by atoms with E-state index in [1.165, 1.54) is 5.57 Å². The minimum absolute atomic E-state index is 0.208. The molecule has 13 heavy (non-hydrogen) atoms. The summed E-state index contributed by atoms with van der Waals surface area (Å²) in [6, 6.07) is 0. The van der Waals surface area contributed by atoms with Crippen molar-refractivity contribution in [2.75, 3.05) is 0 Å². The molecule has 2 heterocycles. The summed E-state index contributed by atoms with van der Waals surface area (Å²) in [6.07, 6.45) is 10.5. The Kier molecular flexibility index (Phi) is 1.72. The zero-order valence-corrected chi connectivity index (χ0v) is 8.36. The summed E-state index contributed by atoms with van der Waals surface area (Å²) in [5.41, 5.74) is 1.59. The Bertz CT molecular complexity index is 338. The third-order valence-electron chi connectivity index (χ3n) is 2.40. The fourth-order valence-electron chi connectivity index (χ4n) is 1.52. The van der Waals surface area contributed by atoms with Crippen LogP contribution in [0.2, 0.25) is 0 Å². The molecule has 2 heteroatoms. The highest BCUT2D eigenvalue weighted by molar-refractivity contribution is 6.14. The van der Waals surface area contributed by atoms with Crippen molar-refractivity contribution >= 4 is 12.4 Å². The van der Waals surface area contributed by atoms with Crippen LogP contribution < -0.4 is 0 Å². The summed E-state index contributed by atoms with van der Waals surface area (Å²) in [5, 5.41) is 0. The second-order valence-electron chi connectivity index (χ2n) is 4.50. The summed E-state index contributed by atoms with van der Waals surface area (Å²) in [7, 11) is 0. The maximum Gasteiger partial charge on any atom is 0.270 e. The first kappa shape index (κ1) is 8.42. The number of aliphatic imine (C=N–C) groups is 1. The van der Waals surface area contributed by atoms with Gasteiger partial charge in [-0.3, -0.25) is 0 Å². The van der Waals surface area contributed by atoms with E-state index in [0.717, 1.165) is 0 Å². The molecule has 0 aromatic rings. The van der Waals surface area contributed by atoms with Crippen molar-refractivity contribution in [3.8, 4) is 0 Å². The lowest BCUT2D eigenvalue weighted by Crippen LogP contribution is -2.21. The molecule has 0 saturated heterocycles. The van der Waals surface area contributed by atoms with Gasteiger partial charge >= 0.3 is 0 Å². The highest BCUT2D eigenvalue weighted by atomic mass is 15.2. The number of allylic oxidation sites excluding steroid dienone is 2. The summed E-state index contributed by atoms with van der Waals surface area (Å²) >= 11 is 0. The van der Waals surface area contributed by atoms with E-state index in [4.69, 9.17) is 0 Å². The first-order valence-electron chi connectivity index (χ1n) is 4.62. The molecule has 0 N–H and O–H groups in total. The molecule has 0 aliphatic carbocycles. The lowest BCUT2D eigenvalue weighted by atomic mass is 9.85. The SMILES string of the molecule is CC(C)(C)C1=CC2N=CC=[N+]2C=C1. The maximum absolute atomic E-state index is 4.34. The van der Waals surface area contributed by atoms with Crippen LogP contribution in [0.25, 0.3) is 0 Å². The zero-order valence-electron chi connectivity index (χ0n) is 8.36. The van der Waals surface area contributed by atoms with Crippen LogP contribution in [-0.2, 0) is 0 Å². The standard InChI is InChI=1S/C11H15N2/c1-11(2,3)9-4-6-13-7-5-12-10(13)8-9/h4-8,10H,1-3H3/q+1. The van der Waals surface area contributed by atoms with E-state index < -0.39 is 0 Å². The average molecular weight is 175 g/mol. The molecule has 0 fully saturated rings. The van der Waals surface area contributed by atoms with Gasteiger partial charge in [-0.25, -0.2) is 4.99 Å². The Morgan fingerprint density at radius 2 is 2.15 bits per heavy atom. The molecule has 2 aliphatic rings. The van der Waals surface area contributed by atoms with E-state index in [0.29, 0.717) is 0 Å². The van der Waals surface area contributed by atoms with Crippen molar-refractivity contribution in [2.45, 2.75) is 26.9 Å². The second-order valence-corrected chi connectivity index (χ2v) is 4.50. The lowest BCUT2D eigenvalue weighted by molar-refractivity contribution is -0.476. The van der Waals surface area contributed by atoms with Crippen molar-refractivity contribution in [3.05, 3.63) is 23.9 Å². The van der Waals surface area contributed by atoms with Gasteiger partial charge in [0.15, 0.2) is 12.4 Å². The van der Waals surface area contributed by atoms with Gasteiger partial charge in [-0.2, -0.15) is 4.58 Å². The van der Waals surface area contributed by atoms with E-state index in [2.05, 4.69) is 48.7 Å². The van der Waals surface area contributed by atoms with Crippen molar-refractivity contribution in [2.24, 2.45) is 10.4 Å².